The zero-order valence-electron chi connectivity index (χ0n) is 14.6. The predicted octanol–water partition coefficient (Wildman–Crippen LogP) is 3.70. The Bertz CT molecular complexity index is 433. The molecule has 2 saturated heterocycles. The summed E-state index contributed by atoms with van der Waals surface area (Å²) in [4.78, 5) is 11.9. The molecule has 0 saturated carbocycles. The van der Waals surface area contributed by atoms with Gasteiger partial charge in [-0.05, 0) is 37.7 Å². The molecule has 0 amide bonds. The summed E-state index contributed by atoms with van der Waals surface area (Å²) in [7, 11) is 1.43. The van der Waals surface area contributed by atoms with Crippen molar-refractivity contribution in [1.29, 1.82) is 0 Å². The van der Waals surface area contributed by atoms with Gasteiger partial charge in [-0.2, -0.15) is 0 Å². The maximum atomic E-state index is 11.9. The van der Waals surface area contributed by atoms with Gasteiger partial charge in [-0.25, -0.2) is 0 Å². The van der Waals surface area contributed by atoms with Crippen LogP contribution in [0.4, 0.5) is 0 Å². The van der Waals surface area contributed by atoms with Crippen LogP contribution in [0, 0.1) is 17.8 Å². The lowest BCUT2D eigenvalue weighted by atomic mass is 9.77. The van der Waals surface area contributed by atoms with Gasteiger partial charge in [0.15, 0.2) is 5.79 Å². The first-order valence-corrected chi connectivity index (χ1v) is 8.45. The molecule has 4 heteroatoms. The number of esters is 1. The fourth-order valence-electron chi connectivity index (χ4n) is 3.95. The maximum Gasteiger partial charge on any atom is 0.311 e. The smallest absolute Gasteiger partial charge is 0.311 e. The summed E-state index contributed by atoms with van der Waals surface area (Å²) in [6.07, 6.45) is 3.54. The van der Waals surface area contributed by atoms with Crippen LogP contribution < -0.4 is 0 Å². The standard InChI is InChI=1S/C18H30O4/c1-7-15-11(2)8-9-18(21-15)13(4)10-12(3)16(22-18)14(5)17(19)20-6/h12-16H,2,7-10H2,1,3-6H3/t12-,13+,14+,15+,16-,18-/m0/s1. The maximum absolute atomic E-state index is 11.9. The highest BCUT2D eigenvalue weighted by Crippen LogP contribution is 2.47. The van der Waals surface area contributed by atoms with E-state index in [0.717, 1.165) is 31.3 Å². The van der Waals surface area contributed by atoms with Crippen molar-refractivity contribution in [2.24, 2.45) is 17.8 Å². The normalized spacial score (nSPS) is 40.5. The highest BCUT2D eigenvalue weighted by molar-refractivity contribution is 5.72. The van der Waals surface area contributed by atoms with E-state index < -0.39 is 5.79 Å². The molecule has 0 radical (unpaired) electrons. The number of carbonyl (C=O) groups is 1. The topological polar surface area (TPSA) is 44.8 Å². The summed E-state index contributed by atoms with van der Waals surface area (Å²) in [6.45, 7) is 12.5. The van der Waals surface area contributed by atoms with Gasteiger partial charge in [0.05, 0.1) is 25.2 Å². The van der Waals surface area contributed by atoms with E-state index in [4.69, 9.17) is 14.2 Å². The number of rotatable bonds is 3. The molecule has 0 aliphatic carbocycles. The van der Waals surface area contributed by atoms with Gasteiger partial charge in [-0.3, -0.25) is 4.79 Å². The van der Waals surface area contributed by atoms with Crippen LogP contribution in [0.25, 0.3) is 0 Å². The lowest BCUT2D eigenvalue weighted by Gasteiger charge is -2.52. The van der Waals surface area contributed by atoms with E-state index in [1.165, 1.54) is 7.11 Å². The fraction of sp³-hybridized carbons (Fsp3) is 0.833. The predicted molar refractivity (Wildman–Crippen MR) is 85.3 cm³/mol. The molecule has 22 heavy (non-hydrogen) atoms. The van der Waals surface area contributed by atoms with Crippen molar-refractivity contribution in [2.45, 2.75) is 71.4 Å². The molecule has 126 valence electrons. The quantitative estimate of drug-likeness (QED) is 0.589. The Kier molecular flexibility index (Phi) is 5.33. The van der Waals surface area contributed by atoms with Crippen molar-refractivity contribution in [3.63, 3.8) is 0 Å². The average Bonchev–Trinajstić information content (AvgIpc) is 2.51. The van der Waals surface area contributed by atoms with Gasteiger partial charge in [0, 0.05) is 12.3 Å². The van der Waals surface area contributed by atoms with Crippen LogP contribution in [-0.4, -0.2) is 31.1 Å². The van der Waals surface area contributed by atoms with Gasteiger partial charge in [-0.15, -0.1) is 0 Å². The summed E-state index contributed by atoms with van der Waals surface area (Å²) < 4.78 is 17.7. The molecule has 0 aromatic heterocycles. The zero-order valence-corrected chi connectivity index (χ0v) is 14.6. The van der Waals surface area contributed by atoms with Crippen LogP contribution in [0.3, 0.4) is 0 Å². The number of ether oxygens (including phenoxy) is 3. The van der Waals surface area contributed by atoms with Crippen LogP contribution in [-0.2, 0) is 19.0 Å². The van der Waals surface area contributed by atoms with E-state index in [1.54, 1.807) is 0 Å². The fourth-order valence-corrected chi connectivity index (χ4v) is 3.95. The molecule has 0 bridgehead atoms. The molecule has 0 aromatic rings. The third-order valence-corrected chi connectivity index (χ3v) is 5.40. The van der Waals surface area contributed by atoms with Crippen LogP contribution in [0.2, 0.25) is 0 Å². The minimum absolute atomic E-state index is 0.0543. The molecule has 2 fully saturated rings. The Morgan fingerprint density at radius 2 is 2.14 bits per heavy atom. The average molecular weight is 310 g/mol. The Balaban J connectivity index is 2.21. The summed E-state index contributed by atoms with van der Waals surface area (Å²) in [5, 5.41) is 0. The van der Waals surface area contributed by atoms with Gasteiger partial charge in [0.2, 0.25) is 0 Å². The molecule has 2 aliphatic heterocycles. The number of hydrogen-bond acceptors (Lipinski definition) is 4. The van der Waals surface area contributed by atoms with Gasteiger partial charge in [0.25, 0.3) is 0 Å². The SMILES string of the molecule is C=C1CC[C@@]2(O[C@H]([C@@H](C)C(=O)OC)[C@@H](C)C[C@H]2C)O[C@@H]1CC. The molecular formula is C18H30O4. The van der Waals surface area contributed by atoms with Gasteiger partial charge in [0.1, 0.15) is 0 Å². The van der Waals surface area contributed by atoms with E-state index in [9.17, 15) is 4.79 Å². The van der Waals surface area contributed by atoms with E-state index in [1.807, 2.05) is 6.92 Å². The zero-order chi connectivity index (χ0) is 16.5. The minimum atomic E-state index is -0.582. The molecule has 2 rings (SSSR count). The molecule has 0 unspecified atom stereocenters. The summed E-state index contributed by atoms with van der Waals surface area (Å²) in [5.41, 5.74) is 1.15. The summed E-state index contributed by atoms with van der Waals surface area (Å²) in [5.74, 6) is -0.456. The van der Waals surface area contributed by atoms with Crippen LogP contribution in [0.1, 0.15) is 53.4 Å². The highest BCUT2D eigenvalue weighted by atomic mass is 16.7. The third kappa shape index (κ3) is 3.09. The van der Waals surface area contributed by atoms with Crippen molar-refractivity contribution >= 4 is 5.97 Å². The number of carbonyl (C=O) groups excluding carboxylic acids is 1. The molecule has 2 aliphatic rings. The van der Waals surface area contributed by atoms with Crippen molar-refractivity contribution in [3.8, 4) is 0 Å². The van der Waals surface area contributed by atoms with E-state index >= 15 is 0 Å². The lowest BCUT2D eigenvalue weighted by molar-refractivity contribution is -0.341. The second-order valence-corrected chi connectivity index (χ2v) is 6.99. The van der Waals surface area contributed by atoms with Crippen molar-refractivity contribution < 1.29 is 19.0 Å². The van der Waals surface area contributed by atoms with Gasteiger partial charge >= 0.3 is 5.97 Å². The molecule has 0 N–H and O–H groups in total. The second kappa shape index (κ2) is 6.71. The largest absolute Gasteiger partial charge is 0.469 e. The molecule has 6 atom stereocenters. The van der Waals surface area contributed by atoms with Crippen LogP contribution in [0.15, 0.2) is 12.2 Å². The number of methoxy groups -OCH3 is 1. The Morgan fingerprint density at radius 3 is 2.73 bits per heavy atom. The third-order valence-electron chi connectivity index (χ3n) is 5.40. The monoisotopic (exact) mass is 310 g/mol. The first-order chi connectivity index (χ1) is 10.3. The van der Waals surface area contributed by atoms with E-state index in [-0.39, 0.29) is 24.1 Å². The van der Waals surface area contributed by atoms with Crippen molar-refractivity contribution in [1.82, 2.24) is 0 Å². The van der Waals surface area contributed by atoms with E-state index in [0.29, 0.717) is 11.8 Å². The molecular weight excluding hydrogens is 280 g/mol. The van der Waals surface area contributed by atoms with Crippen LogP contribution in [0.5, 0.6) is 0 Å². The first-order valence-electron chi connectivity index (χ1n) is 8.45. The number of hydrogen-bond donors (Lipinski definition) is 0. The molecule has 1 spiro atoms. The molecule has 4 nitrogen and oxygen atoms in total. The van der Waals surface area contributed by atoms with Crippen molar-refractivity contribution in [2.75, 3.05) is 7.11 Å². The Labute approximate surface area is 134 Å². The van der Waals surface area contributed by atoms with Crippen LogP contribution >= 0.6 is 0 Å². The minimum Gasteiger partial charge on any atom is -0.469 e. The molecule has 2 heterocycles. The lowest BCUT2D eigenvalue weighted by Crippen LogP contribution is -2.57. The molecule has 0 aromatic carbocycles. The van der Waals surface area contributed by atoms with E-state index in [2.05, 4.69) is 27.4 Å². The second-order valence-electron chi connectivity index (χ2n) is 6.99. The summed E-state index contributed by atoms with van der Waals surface area (Å²) >= 11 is 0. The summed E-state index contributed by atoms with van der Waals surface area (Å²) in [6, 6.07) is 0. The van der Waals surface area contributed by atoms with Gasteiger partial charge in [-0.1, -0.05) is 27.4 Å². The van der Waals surface area contributed by atoms with Crippen molar-refractivity contribution in [3.05, 3.63) is 12.2 Å². The van der Waals surface area contributed by atoms with Gasteiger partial charge < -0.3 is 14.2 Å². The highest BCUT2D eigenvalue weighted by Gasteiger charge is 2.51. The Morgan fingerprint density at radius 1 is 1.45 bits per heavy atom. The first kappa shape index (κ1) is 17.5. The Hall–Kier alpha value is -0.870.